The molecule has 7 heteroatoms. The minimum atomic E-state index is 0.883. The minimum Gasteiger partial charge on any atom is -0.354 e. The summed E-state index contributed by atoms with van der Waals surface area (Å²) >= 11 is 0. The van der Waals surface area contributed by atoms with Crippen LogP contribution >= 0.6 is 0 Å². The monoisotopic (exact) mass is 409 g/mol. The lowest BCUT2D eigenvalue weighted by atomic mass is 10.0. The quantitative estimate of drug-likeness (QED) is 0.492. The van der Waals surface area contributed by atoms with E-state index in [-0.39, 0.29) is 0 Å². The van der Waals surface area contributed by atoms with Crippen molar-refractivity contribution < 1.29 is 0 Å². The van der Waals surface area contributed by atoms with Crippen molar-refractivity contribution in [1.29, 1.82) is 0 Å². The molecule has 0 spiro atoms. The number of fused-ring (bicyclic) bond motifs is 2. The fraction of sp³-hybridized carbons (Fsp3) is 0.208. The van der Waals surface area contributed by atoms with Gasteiger partial charge in [0.2, 0.25) is 0 Å². The molecule has 0 aromatic carbocycles. The number of nitrogens with one attached hydrogen (secondary N) is 1. The van der Waals surface area contributed by atoms with Gasteiger partial charge in [-0.15, -0.1) is 0 Å². The van der Waals surface area contributed by atoms with E-state index in [0.29, 0.717) is 0 Å². The molecule has 0 aliphatic carbocycles. The molecule has 0 unspecified atom stereocenters. The average molecular weight is 409 g/mol. The Hall–Kier alpha value is -3.71. The highest BCUT2D eigenvalue weighted by Gasteiger charge is 2.15. The Morgan fingerprint density at radius 3 is 2.58 bits per heavy atom. The van der Waals surface area contributed by atoms with Crippen LogP contribution in [0.15, 0.2) is 67.4 Å². The third-order valence-electron chi connectivity index (χ3n) is 6.15. The third-order valence-corrected chi connectivity index (χ3v) is 6.15. The Labute approximate surface area is 180 Å². The van der Waals surface area contributed by atoms with Crippen LogP contribution in [0.25, 0.3) is 38.8 Å². The minimum absolute atomic E-state index is 0.883. The van der Waals surface area contributed by atoms with E-state index in [0.717, 1.165) is 70.8 Å². The van der Waals surface area contributed by atoms with Gasteiger partial charge in [-0.2, -0.15) is 5.10 Å². The first-order valence-corrected chi connectivity index (χ1v) is 10.6. The molecule has 1 aliphatic heterocycles. The maximum atomic E-state index is 4.74. The van der Waals surface area contributed by atoms with Crippen molar-refractivity contribution >= 4 is 22.4 Å². The number of aromatic nitrogens is 5. The zero-order valence-electron chi connectivity index (χ0n) is 17.4. The summed E-state index contributed by atoms with van der Waals surface area (Å²) in [6.45, 7) is 4.19. The van der Waals surface area contributed by atoms with Gasteiger partial charge in [-0.1, -0.05) is 0 Å². The summed E-state index contributed by atoms with van der Waals surface area (Å²) in [5.41, 5.74) is 6.37. The van der Waals surface area contributed by atoms with Crippen LogP contribution in [0.1, 0.15) is 0 Å². The van der Waals surface area contributed by atoms with Crippen molar-refractivity contribution in [3.05, 3.63) is 67.4 Å². The molecule has 1 N–H and O–H groups in total. The van der Waals surface area contributed by atoms with E-state index in [2.05, 4.69) is 62.2 Å². The van der Waals surface area contributed by atoms with Crippen LogP contribution in [-0.2, 0) is 0 Å². The molecule has 0 bridgehead atoms. The van der Waals surface area contributed by atoms with Crippen LogP contribution in [0.2, 0.25) is 0 Å². The van der Waals surface area contributed by atoms with Crippen molar-refractivity contribution in [3.8, 4) is 22.3 Å². The number of H-pyrrole nitrogens is 1. The fourth-order valence-corrected chi connectivity index (χ4v) is 4.27. The molecule has 5 aromatic rings. The van der Waals surface area contributed by atoms with Gasteiger partial charge in [-0.3, -0.25) is 0 Å². The molecule has 154 valence electrons. The van der Waals surface area contributed by atoms with Crippen LogP contribution in [0, 0.1) is 0 Å². The predicted molar refractivity (Wildman–Crippen MR) is 123 cm³/mol. The summed E-state index contributed by atoms with van der Waals surface area (Å²) in [6.07, 6.45) is 9.70. The molecule has 6 heterocycles. The van der Waals surface area contributed by atoms with Crippen LogP contribution in [0.4, 0.5) is 5.82 Å². The summed E-state index contributed by atoms with van der Waals surface area (Å²) in [5, 5.41) is 5.39. The molecular formula is C24H23N7. The molecule has 0 amide bonds. The van der Waals surface area contributed by atoms with E-state index in [4.69, 9.17) is 4.98 Å². The SMILES string of the molecule is CN1CCN(c2ccc(-c3cnc4[nH]cc(-c5ccn6nccc6c5)c4c3)cn2)CC1. The maximum Gasteiger partial charge on any atom is 0.137 e. The van der Waals surface area contributed by atoms with Crippen LogP contribution < -0.4 is 4.90 Å². The summed E-state index contributed by atoms with van der Waals surface area (Å²) in [4.78, 5) is 17.4. The molecule has 7 nitrogen and oxygen atoms in total. The van der Waals surface area contributed by atoms with Gasteiger partial charge >= 0.3 is 0 Å². The molecule has 0 atom stereocenters. The Kier molecular flexibility index (Phi) is 4.21. The van der Waals surface area contributed by atoms with Gasteiger partial charge in [0.1, 0.15) is 11.5 Å². The first-order chi connectivity index (χ1) is 15.2. The standard InChI is InChI=1S/C24H23N7/c1-29-8-10-30(11-9-29)23-3-2-18(14-25-23)19-13-21-22(16-27-24(21)26-15-19)17-5-7-31-20(12-17)4-6-28-31/h2-7,12-16H,8-11H2,1H3,(H,26,27). The molecule has 0 radical (unpaired) electrons. The number of hydrogen-bond acceptors (Lipinski definition) is 5. The summed E-state index contributed by atoms with van der Waals surface area (Å²) in [5.74, 6) is 1.04. The van der Waals surface area contributed by atoms with Crippen molar-refractivity contribution in [3.63, 3.8) is 0 Å². The molecule has 31 heavy (non-hydrogen) atoms. The third kappa shape index (κ3) is 3.23. The first kappa shape index (κ1) is 18.1. The number of hydrogen-bond donors (Lipinski definition) is 1. The van der Waals surface area contributed by atoms with Gasteiger partial charge in [0, 0.05) is 79.2 Å². The van der Waals surface area contributed by atoms with E-state index in [1.807, 2.05) is 41.6 Å². The Balaban J connectivity index is 1.34. The molecule has 5 aromatic heterocycles. The highest BCUT2D eigenvalue weighted by atomic mass is 15.3. The molecule has 0 saturated carbocycles. The van der Waals surface area contributed by atoms with E-state index in [1.54, 1.807) is 0 Å². The molecular weight excluding hydrogens is 386 g/mol. The number of rotatable bonds is 3. The summed E-state index contributed by atoms with van der Waals surface area (Å²) in [7, 11) is 2.17. The van der Waals surface area contributed by atoms with Gasteiger partial charge in [0.25, 0.3) is 0 Å². The van der Waals surface area contributed by atoms with Crippen LogP contribution in [0.5, 0.6) is 0 Å². The number of aromatic amines is 1. The topological polar surface area (TPSA) is 65.3 Å². The van der Waals surface area contributed by atoms with Crippen molar-refractivity contribution in [2.45, 2.75) is 0 Å². The first-order valence-electron chi connectivity index (χ1n) is 10.6. The highest BCUT2D eigenvalue weighted by molar-refractivity contribution is 5.96. The van der Waals surface area contributed by atoms with Gasteiger partial charge in [-0.05, 0) is 49.0 Å². The fourth-order valence-electron chi connectivity index (χ4n) is 4.27. The van der Waals surface area contributed by atoms with Crippen LogP contribution in [0.3, 0.4) is 0 Å². The second kappa shape index (κ2) is 7.21. The van der Waals surface area contributed by atoms with Crippen molar-refractivity contribution in [2.24, 2.45) is 0 Å². The Bertz CT molecular complexity index is 1360. The number of pyridine rings is 3. The Morgan fingerprint density at radius 2 is 1.74 bits per heavy atom. The predicted octanol–water partition coefficient (Wildman–Crippen LogP) is 3.69. The van der Waals surface area contributed by atoms with Gasteiger partial charge < -0.3 is 14.8 Å². The molecule has 1 saturated heterocycles. The zero-order chi connectivity index (χ0) is 20.8. The highest BCUT2D eigenvalue weighted by Crippen LogP contribution is 2.31. The number of likely N-dealkylation sites (N-methyl/N-ethyl adjacent to an activating group) is 1. The van der Waals surface area contributed by atoms with Gasteiger partial charge in [0.15, 0.2) is 0 Å². The van der Waals surface area contributed by atoms with Crippen molar-refractivity contribution in [1.82, 2.24) is 29.5 Å². The van der Waals surface area contributed by atoms with Crippen molar-refractivity contribution in [2.75, 3.05) is 38.1 Å². The summed E-state index contributed by atoms with van der Waals surface area (Å²) < 4.78 is 1.87. The molecule has 6 rings (SSSR count). The number of piperazine rings is 1. The lowest BCUT2D eigenvalue weighted by Gasteiger charge is -2.33. The average Bonchev–Trinajstić information content (AvgIpc) is 3.45. The number of anilines is 1. The smallest absolute Gasteiger partial charge is 0.137 e. The second-order valence-corrected chi connectivity index (χ2v) is 8.13. The Morgan fingerprint density at radius 1 is 0.871 bits per heavy atom. The van der Waals surface area contributed by atoms with E-state index < -0.39 is 0 Å². The second-order valence-electron chi connectivity index (χ2n) is 8.13. The molecule has 1 fully saturated rings. The zero-order valence-corrected chi connectivity index (χ0v) is 17.4. The largest absolute Gasteiger partial charge is 0.354 e. The number of nitrogens with zero attached hydrogens (tertiary/aromatic N) is 6. The lowest BCUT2D eigenvalue weighted by molar-refractivity contribution is 0.312. The summed E-state index contributed by atoms with van der Waals surface area (Å²) in [6, 6.07) is 12.7. The lowest BCUT2D eigenvalue weighted by Crippen LogP contribution is -2.44. The maximum absolute atomic E-state index is 4.74. The van der Waals surface area contributed by atoms with Crippen LogP contribution in [-0.4, -0.2) is 62.7 Å². The van der Waals surface area contributed by atoms with E-state index in [9.17, 15) is 0 Å². The van der Waals surface area contributed by atoms with Gasteiger partial charge in [0.05, 0.1) is 5.52 Å². The van der Waals surface area contributed by atoms with Gasteiger partial charge in [-0.25, -0.2) is 14.5 Å². The van der Waals surface area contributed by atoms with E-state index in [1.165, 1.54) is 0 Å². The molecule has 1 aliphatic rings. The normalized spacial score (nSPS) is 15.2. The van der Waals surface area contributed by atoms with E-state index >= 15 is 0 Å².